The zero-order valence-electron chi connectivity index (χ0n) is 16.1. The number of carbonyl (C=O) groups excluding carboxylic acids is 1. The summed E-state index contributed by atoms with van der Waals surface area (Å²) in [5.41, 5.74) is 0.744. The lowest BCUT2D eigenvalue weighted by Gasteiger charge is -2.35. The normalized spacial score (nSPS) is 14.2. The van der Waals surface area contributed by atoms with Gasteiger partial charge >= 0.3 is 0 Å². The van der Waals surface area contributed by atoms with Crippen molar-refractivity contribution in [2.24, 2.45) is 0 Å². The van der Waals surface area contributed by atoms with E-state index in [4.69, 9.17) is 0 Å². The van der Waals surface area contributed by atoms with Crippen molar-refractivity contribution in [3.8, 4) is 0 Å². The van der Waals surface area contributed by atoms with Crippen LogP contribution in [0.25, 0.3) is 11.2 Å². The fourth-order valence-electron chi connectivity index (χ4n) is 3.55. The van der Waals surface area contributed by atoms with Crippen molar-refractivity contribution >= 4 is 22.9 Å². The van der Waals surface area contributed by atoms with Gasteiger partial charge in [-0.25, -0.2) is 18.7 Å². The molecule has 4 rings (SSSR count). The lowest BCUT2D eigenvalue weighted by atomic mass is 10.1. The van der Waals surface area contributed by atoms with E-state index in [0.717, 1.165) is 18.2 Å². The minimum absolute atomic E-state index is 0.0378. The number of piperazine rings is 1. The predicted octanol–water partition coefficient (Wildman–Crippen LogP) is 2.22. The van der Waals surface area contributed by atoms with Gasteiger partial charge in [0.1, 0.15) is 17.2 Å². The van der Waals surface area contributed by atoms with Crippen LogP contribution in [-0.2, 0) is 6.54 Å². The van der Waals surface area contributed by atoms with E-state index in [1.807, 2.05) is 4.90 Å². The molecule has 0 spiro atoms. The third kappa shape index (κ3) is 3.66. The van der Waals surface area contributed by atoms with Gasteiger partial charge in [-0.1, -0.05) is 6.08 Å². The number of carbonyl (C=O) groups is 1. The summed E-state index contributed by atoms with van der Waals surface area (Å²) in [6.07, 6.45) is 3.22. The molecule has 154 valence electrons. The van der Waals surface area contributed by atoms with E-state index in [9.17, 15) is 18.4 Å². The van der Waals surface area contributed by atoms with Crippen molar-refractivity contribution in [2.75, 3.05) is 31.1 Å². The second-order valence-corrected chi connectivity index (χ2v) is 6.92. The van der Waals surface area contributed by atoms with E-state index in [-0.39, 0.29) is 16.9 Å². The number of benzene rings is 1. The third-order valence-electron chi connectivity index (χ3n) is 4.97. The van der Waals surface area contributed by atoms with Gasteiger partial charge in [0, 0.05) is 50.6 Å². The van der Waals surface area contributed by atoms with Crippen LogP contribution in [0.3, 0.4) is 0 Å². The number of aromatic nitrogens is 3. The number of halogens is 2. The number of fused-ring (bicyclic) bond motifs is 1. The second-order valence-electron chi connectivity index (χ2n) is 6.92. The van der Waals surface area contributed by atoms with E-state index in [0.29, 0.717) is 43.9 Å². The number of allylic oxidation sites excluding steroid dienone is 1. The number of anilines is 1. The molecule has 1 aromatic carbocycles. The molecule has 1 saturated heterocycles. The van der Waals surface area contributed by atoms with Gasteiger partial charge < -0.3 is 9.80 Å². The molecule has 0 atom stereocenters. The smallest absolute Gasteiger partial charge is 0.295 e. The molecule has 3 aromatic rings. The molecular formula is C21H19F2N5O2. The topological polar surface area (TPSA) is 71.3 Å². The van der Waals surface area contributed by atoms with Crippen LogP contribution in [0, 0.1) is 11.6 Å². The van der Waals surface area contributed by atoms with Crippen LogP contribution in [0.5, 0.6) is 0 Å². The highest BCUT2D eigenvalue weighted by Gasteiger charge is 2.26. The Hall–Kier alpha value is -3.62. The van der Waals surface area contributed by atoms with E-state index >= 15 is 0 Å². The van der Waals surface area contributed by atoms with Gasteiger partial charge in [0.05, 0.1) is 0 Å². The first-order valence-electron chi connectivity index (χ1n) is 9.44. The molecule has 7 nitrogen and oxygen atoms in total. The lowest BCUT2D eigenvalue weighted by molar-refractivity contribution is 0.0745. The predicted molar refractivity (Wildman–Crippen MR) is 108 cm³/mol. The standard InChI is InChI=1S/C21H19F2N5O2/c1-2-6-28-18-17(4-3-5-24-18)25-19(21(28)30)26-7-9-27(10-8-26)20(29)14-11-15(22)13-16(23)12-14/h2-5,11-13H,1,6-10H2. The molecule has 0 unspecified atom stereocenters. The van der Waals surface area contributed by atoms with Crippen molar-refractivity contribution < 1.29 is 13.6 Å². The van der Waals surface area contributed by atoms with E-state index in [1.54, 1.807) is 24.4 Å². The van der Waals surface area contributed by atoms with Gasteiger partial charge in [0.15, 0.2) is 11.5 Å². The highest BCUT2D eigenvalue weighted by Crippen LogP contribution is 2.17. The first kappa shape index (κ1) is 19.7. The molecule has 0 saturated carbocycles. The van der Waals surface area contributed by atoms with Crippen LogP contribution in [-0.4, -0.2) is 51.5 Å². The molecule has 3 heterocycles. The minimum atomic E-state index is -0.797. The second kappa shape index (κ2) is 8.02. The SMILES string of the molecule is C=CCn1c(=O)c(N2CCN(C(=O)c3cc(F)cc(F)c3)CC2)nc2cccnc21. The number of rotatable bonds is 4. The quantitative estimate of drug-likeness (QED) is 0.616. The largest absolute Gasteiger partial charge is 0.348 e. The summed E-state index contributed by atoms with van der Waals surface area (Å²) < 4.78 is 28.4. The summed E-state index contributed by atoms with van der Waals surface area (Å²) >= 11 is 0. The molecule has 30 heavy (non-hydrogen) atoms. The van der Waals surface area contributed by atoms with Crippen LogP contribution in [0.4, 0.5) is 14.6 Å². The van der Waals surface area contributed by atoms with E-state index in [2.05, 4.69) is 16.5 Å². The highest BCUT2D eigenvalue weighted by molar-refractivity contribution is 5.94. The maximum absolute atomic E-state index is 13.4. The van der Waals surface area contributed by atoms with Gasteiger partial charge in [0.25, 0.3) is 11.5 Å². The fraction of sp³-hybridized carbons (Fsp3) is 0.238. The van der Waals surface area contributed by atoms with Crippen molar-refractivity contribution in [3.63, 3.8) is 0 Å². The average molecular weight is 411 g/mol. The molecule has 1 aliphatic rings. The van der Waals surface area contributed by atoms with E-state index in [1.165, 1.54) is 9.47 Å². The molecule has 0 radical (unpaired) electrons. The Balaban J connectivity index is 1.58. The zero-order chi connectivity index (χ0) is 21.3. The third-order valence-corrected chi connectivity index (χ3v) is 4.97. The molecule has 0 N–H and O–H groups in total. The van der Waals surface area contributed by atoms with Crippen molar-refractivity contribution in [1.29, 1.82) is 0 Å². The number of nitrogens with zero attached hydrogens (tertiary/aromatic N) is 5. The van der Waals surface area contributed by atoms with E-state index < -0.39 is 17.5 Å². The first-order chi connectivity index (χ1) is 14.5. The van der Waals surface area contributed by atoms with Crippen LogP contribution < -0.4 is 10.5 Å². The number of hydrogen-bond acceptors (Lipinski definition) is 5. The summed E-state index contributed by atoms with van der Waals surface area (Å²) in [6.45, 7) is 5.32. The Morgan fingerprint density at radius 3 is 2.50 bits per heavy atom. The van der Waals surface area contributed by atoms with Gasteiger partial charge in [-0.2, -0.15) is 0 Å². The summed E-state index contributed by atoms with van der Waals surface area (Å²) in [7, 11) is 0. The maximum atomic E-state index is 13.4. The number of pyridine rings is 1. The molecule has 2 aromatic heterocycles. The molecule has 1 aliphatic heterocycles. The molecule has 9 heteroatoms. The van der Waals surface area contributed by atoms with Gasteiger partial charge in [0.2, 0.25) is 0 Å². The van der Waals surface area contributed by atoms with Crippen LogP contribution in [0.2, 0.25) is 0 Å². The molecular weight excluding hydrogens is 392 g/mol. The zero-order valence-corrected chi connectivity index (χ0v) is 16.1. The Morgan fingerprint density at radius 2 is 1.83 bits per heavy atom. The molecule has 0 aliphatic carbocycles. The first-order valence-corrected chi connectivity index (χ1v) is 9.44. The Kier molecular flexibility index (Phi) is 5.26. The lowest BCUT2D eigenvalue weighted by Crippen LogP contribution is -2.50. The van der Waals surface area contributed by atoms with Crippen LogP contribution >= 0.6 is 0 Å². The van der Waals surface area contributed by atoms with Crippen LogP contribution in [0.1, 0.15) is 10.4 Å². The number of hydrogen-bond donors (Lipinski definition) is 0. The molecule has 0 bridgehead atoms. The van der Waals surface area contributed by atoms with Gasteiger partial charge in [-0.3, -0.25) is 14.2 Å². The maximum Gasteiger partial charge on any atom is 0.295 e. The summed E-state index contributed by atoms with van der Waals surface area (Å²) in [4.78, 5) is 37.6. The van der Waals surface area contributed by atoms with Crippen molar-refractivity contribution in [1.82, 2.24) is 19.4 Å². The fourth-order valence-corrected chi connectivity index (χ4v) is 3.55. The Labute approximate surface area is 170 Å². The highest BCUT2D eigenvalue weighted by atomic mass is 19.1. The minimum Gasteiger partial charge on any atom is -0.348 e. The molecule has 1 fully saturated rings. The van der Waals surface area contributed by atoms with Crippen LogP contribution in [0.15, 0.2) is 54.0 Å². The summed E-state index contributed by atoms with van der Waals surface area (Å²) in [6, 6.07) is 6.29. The van der Waals surface area contributed by atoms with Crippen molar-refractivity contribution in [3.05, 3.63) is 76.7 Å². The van der Waals surface area contributed by atoms with Gasteiger partial charge in [-0.05, 0) is 24.3 Å². The Morgan fingerprint density at radius 1 is 1.13 bits per heavy atom. The van der Waals surface area contributed by atoms with Crippen molar-refractivity contribution in [2.45, 2.75) is 6.54 Å². The Bertz CT molecular complexity index is 1170. The monoisotopic (exact) mass is 411 g/mol. The number of amides is 1. The average Bonchev–Trinajstić information content (AvgIpc) is 2.74. The summed E-state index contributed by atoms with van der Waals surface area (Å²) in [5, 5.41) is 0. The molecule has 1 amide bonds. The van der Waals surface area contributed by atoms with Gasteiger partial charge in [-0.15, -0.1) is 6.58 Å². The summed E-state index contributed by atoms with van der Waals surface area (Å²) in [5.74, 6) is -1.77.